The summed E-state index contributed by atoms with van der Waals surface area (Å²) in [5.41, 5.74) is 2.08. The topological polar surface area (TPSA) is 91.7 Å². The normalized spacial score (nSPS) is 12.1. The standard InChI is InChI=1S/C19H23N3O5S/c1-25-7-4-8-27-16-9-12-5-6-22-11-13(18(24)21-28-3)15(23)10-14(22)17(12)20-19(16)26-2/h9-11H,4-8H2,1-3H3,(H,21,24). The number of hydrogen-bond acceptors (Lipinski definition) is 7. The number of carbonyl (C=O) groups is 1. The summed E-state index contributed by atoms with van der Waals surface area (Å²) in [5, 5.41) is 0. The molecule has 0 aromatic carbocycles. The van der Waals surface area contributed by atoms with Crippen molar-refractivity contribution in [3.8, 4) is 23.0 Å². The number of aromatic nitrogens is 2. The van der Waals surface area contributed by atoms with E-state index in [0.29, 0.717) is 49.2 Å². The van der Waals surface area contributed by atoms with Gasteiger partial charge < -0.3 is 18.8 Å². The summed E-state index contributed by atoms with van der Waals surface area (Å²) in [4.78, 5) is 29.1. The fraction of sp³-hybridized carbons (Fsp3) is 0.421. The minimum absolute atomic E-state index is 0.117. The van der Waals surface area contributed by atoms with Crippen LogP contribution in [0.3, 0.4) is 0 Å². The average Bonchev–Trinajstić information content (AvgIpc) is 2.70. The number of methoxy groups -OCH3 is 2. The first-order valence-electron chi connectivity index (χ1n) is 8.86. The lowest BCUT2D eigenvalue weighted by atomic mass is 10.0. The highest BCUT2D eigenvalue weighted by Gasteiger charge is 2.23. The third kappa shape index (κ3) is 4.15. The van der Waals surface area contributed by atoms with E-state index in [1.165, 1.54) is 13.2 Å². The van der Waals surface area contributed by atoms with Crippen molar-refractivity contribution in [1.29, 1.82) is 0 Å². The molecule has 2 aromatic heterocycles. The molecular weight excluding hydrogens is 382 g/mol. The van der Waals surface area contributed by atoms with Crippen molar-refractivity contribution in [2.45, 2.75) is 19.4 Å². The van der Waals surface area contributed by atoms with E-state index in [1.54, 1.807) is 19.6 Å². The Hall–Kier alpha value is -2.52. The molecule has 0 atom stereocenters. The molecule has 0 unspecified atom stereocenters. The molecule has 3 heterocycles. The van der Waals surface area contributed by atoms with Crippen LogP contribution in [-0.2, 0) is 17.7 Å². The second-order valence-electron chi connectivity index (χ2n) is 6.21. The van der Waals surface area contributed by atoms with Gasteiger partial charge in [0.05, 0.1) is 25.1 Å². The Balaban J connectivity index is 1.96. The molecule has 1 aliphatic rings. The predicted molar refractivity (Wildman–Crippen MR) is 107 cm³/mol. The van der Waals surface area contributed by atoms with Gasteiger partial charge in [0.25, 0.3) is 11.8 Å². The summed E-state index contributed by atoms with van der Waals surface area (Å²) in [6.45, 7) is 1.75. The van der Waals surface area contributed by atoms with Crippen molar-refractivity contribution in [2.24, 2.45) is 0 Å². The predicted octanol–water partition coefficient (Wildman–Crippen LogP) is 1.90. The van der Waals surface area contributed by atoms with Crippen LogP contribution in [0.15, 0.2) is 23.1 Å². The molecule has 150 valence electrons. The zero-order valence-corrected chi connectivity index (χ0v) is 16.9. The fourth-order valence-corrected chi connectivity index (χ4v) is 3.38. The molecule has 1 amide bonds. The number of amides is 1. The number of pyridine rings is 2. The minimum atomic E-state index is -0.399. The lowest BCUT2D eigenvalue weighted by Gasteiger charge is -2.23. The van der Waals surface area contributed by atoms with Crippen LogP contribution in [0, 0.1) is 0 Å². The van der Waals surface area contributed by atoms with E-state index in [-0.39, 0.29) is 11.0 Å². The highest BCUT2D eigenvalue weighted by Crippen LogP contribution is 2.35. The van der Waals surface area contributed by atoms with Gasteiger partial charge in [-0.3, -0.25) is 14.3 Å². The number of nitrogens with zero attached hydrogens (tertiary/aromatic N) is 2. The molecule has 2 aromatic rings. The summed E-state index contributed by atoms with van der Waals surface area (Å²) in [5.74, 6) is 0.536. The Bertz CT molecular complexity index is 929. The van der Waals surface area contributed by atoms with Crippen LogP contribution in [0.25, 0.3) is 11.4 Å². The molecule has 28 heavy (non-hydrogen) atoms. The van der Waals surface area contributed by atoms with Crippen LogP contribution in [0.2, 0.25) is 0 Å². The lowest BCUT2D eigenvalue weighted by Crippen LogP contribution is -2.27. The van der Waals surface area contributed by atoms with Crippen molar-refractivity contribution in [2.75, 3.05) is 33.7 Å². The van der Waals surface area contributed by atoms with Gasteiger partial charge >= 0.3 is 0 Å². The Morgan fingerprint density at radius 3 is 2.86 bits per heavy atom. The number of aryl methyl sites for hydroxylation is 2. The zero-order chi connectivity index (χ0) is 20.1. The summed E-state index contributed by atoms with van der Waals surface area (Å²) in [7, 11) is 3.18. The number of ether oxygens (including phenoxy) is 3. The maximum Gasteiger partial charge on any atom is 0.266 e. The number of hydrogen-bond donors (Lipinski definition) is 1. The SMILES string of the molecule is COCCCOc1cc2c(nc1OC)-c1cc(=O)c(C(=O)NSC)cn1CC2. The number of nitrogens with one attached hydrogen (secondary N) is 1. The van der Waals surface area contributed by atoms with Gasteiger partial charge in [-0.05, 0) is 18.1 Å². The molecule has 0 aliphatic carbocycles. The highest BCUT2D eigenvalue weighted by atomic mass is 32.2. The Morgan fingerprint density at radius 2 is 2.14 bits per heavy atom. The summed E-state index contributed by atoms with van der Waals surface area (Å²) in [6, 6.07) is 3.37. The second kappa shape index (κ2) is 9.11. The molecule has 9 heteroatoms. The Kier molecular flexibility index (Phi) is 6.58. The lowest BCUT2D eigenvalue weighted by molar-refractivity contribution is 0.0982. The monoisotopic (exact) mass is 405 g/mol. The van der Waals surface area contributed by atoms with Gasteiger partial charge in [0, 0.05) is 45.2 Å². The molecule has 0 bridgehead atoms. The quantitative estimate of drug-likeness (QED) is 0.530. The highest BCUT2D eigenvalue weighted by molar-refractivity contribution is 7.97. The molecule has 0 saturated carbocycles. The molecule has 1 aliphatic heterocycles. The second-order valence-corrected chi connectivity index (χ2v) is 6.83. The van der Waals surface area contributed by atoms with E-state index < -0.39 is 5.91 Å². The molecule has 8 nitrogen and oxygen atoms in total. The maximum atomic E-state index is 12.5. The summed E-state index contributed by atoms with van der Waals surface area (Å²) in [6.07, 6.45) is 4.79. The van der Waals surface area contributed by atoms with Crippen molar-refractivity contribution in [1.82, 2.24) is 14.3 Å². The molecule has 0 saturated heterocycles. The van der Waals surface area contributed by atoms with Crippen LogP contribution in [0.1, 0.15) is 22.3 Å². The summed E-state index contributed by atoms with van der Waals surface area (Å²) >= 11 is 1.16. The number of fused-ring (bicyclic) bond motifs is 3. The van der Waals surface area contributed by atoms with E-state index in [1.807, 2.05) is 10.6 Å². The van der Waals surface area contributed by atoms with Crippen molar-refractivity contribution < 1.29 is 19.0 Å². The van der Waals surface area contributed by atoms with Crippen molar-refractivity contribution in [3.05, 3.63) is 39.7 Å². The molecule has 0 radical (unpaired) electrons. The van der Waals surface area contributed by atoms with Crippen LogP contribution in [0.4, 0.5) is 0 Å². The molecule has 0 fully saturated rings. The Morgan fingerprint density at radius 1 is 1.32 bits per heavy atom. The third-order valence-corrected chi connectivity index (χ3v) is 4.80. The van der Waals surface area contributed by atoms with E-state index >= 15 is 0 Å². The maximum absolute atomic E-state index is 12.5. The fourth-order valence-electron chi connectivity index (χ4n) is 3.09. The van der Waals surface area contributed by atoms with E-state index in [4.69, 9.17) is 14.2 Å². The number of carbonyl (C=O) groups excluding carboxylic acids is 1. The first kappa shape index (κ1) is 20.2. The van der Waals surface area contributed by atoms with Crippen molar-refractivity contribution in [3.63, 3.8) is 0 Å². The number of rotatable bonds is 8. The zero-order valence-electron chi connectivity index (χ0n) is 16.1. The molecular formula is C19H23N3O5S. The average molecular weight is 405 g/mol. The van der Waals surface area contributed by atoms with Gasteiger partial charge in [0.2, 0.25) is 0 Å². The minimum Gasteiger partial charge on any atom is -0.488 e. The van der Waals surface area contributed by atoms with E-state index in [2.05, 4.69) is 9.71 Å². The van der Waals surface area contributed by atoms with E-state index in [9.17, 15) is 9.59 Å². The molecule has 1 N–H and O–H groups in total. The van der Waals surface area contributed by atoms with Crippen molar-refractivity contribution >= 4 is 17.9 Å². The third-order valence-electron chi connectivity index (χ3n) is 4.41. The summed E-state index contributed by atoms with van der Waals surface area (Å²) < 4.78 is 20.7. The molecule has 0 spiro atoms. The first-order chi connectivity index (χ1) is 13.6. The largest absolute Gasteiger partial charge is 0.488 e. The van der Waals surface area contributed by atoms with Gasteiger partial charge in [-0.2, -0.15) is 0 Å². The smallest absolute Gasteiger partial charge is 0.266 e. The molecule has 3 rings (SSSR count). The first-order valence-corrected chi connectivity index (χ1v) is 10.1. The van der Waals surface area contributed by atoms with E-state index in [0.717, 1.165) is 23.9 Å². The van der Waals surface area contributed by atoms with Gasteiger partial charge in [0.1, 0.15) is 5.56 Å². The van der Waals surface area contributed by atoms with Gasteiger partial charge in [-0.25, -0.2) is 4.98 Å². The van der Waals surface area contributed by atoms with Crippen LogP contribution in [0.5, 0.6) is 11.6 Å². The Labute approximate surface area is 167 Å². The van der Waals surface area contributed by atoms with Crippen LogP contribution < -0.4 is 19.6 Å². The van der Waals surface area contributed by atoms with Crippen LogP contribution in [-0.4, -0.2) is 49.1 Å². The van der Waals surface area contributed by atoms with Gasteiger partial charge in [0.15, 0.2) is 11.2 Å². The van der Waals surface area contributed by atoms with Crippen LogP contribution >= 0.6 is 11.9 Å². The van der Waals surface area contributed by atoms with Gasteiger partial charge in [-0.15, -0.1) is 0 Å². The van der Waals surface area contributed by atoms with Gasteiger partial charge in [-0.1, -0.05) is 11.9 Å².